The number of piperidine rings is 1. The Labute approximate surface area is 170 Å². The van der Waals surface area contributed by atoms with E-state index in [1.165, 1.54) is 5.56 Å². The summed E-state index contributed by atoms with van der Waals surface area (Å²) < 4.78 is 6.33. The summed E-state index contributed by atoms with van der Waals surface area (Å²) in [5, 5.41) is 0. The maximum atomic E-state index is 5.32. The van der Waals surface area contributed by atoms with Gasteiger partial charge in [-0.15, -0.1) is 0 Å². The number of ether oxygens (including phenoxy) is 1. The average molecular weight is 434 g/mol. The average Bonchev–Trinajstić information content (AvgIpc) is 2.68. The number of rotatable bonds is 6. The van der Waals surface area contributed by atoms with E-state index in [1.54, 1.807) is 7.11 Å². The van der Waals surface area contributed by atoms with Gasteiger partial charge in [-0.05, 0) is 52.5 Å². The minimum Gasteiger partial charge on any atom is -0.496 e. The molecular weight excluding hydrogens is 406 g/mol. The molecule has 3 rings (SSSR count). The number of likely N-dealkylation sites (tertiary alicyclic amines) is 1. The molecule has 2 heterocycles. The van der Waals surface area contributed by atoms with Crippen molar-refractivity contribution in [3.05, 3.63) is 40.5 Å². The number of hydrogen-bond acceptors (Lipinski definition) is 6. The summed E-state index contributed by atoms with van der Waals surface area (Å²) in [5.74, 6) is 2.62. The fourth-order valence-corrected chi connectivity index (χ4v) is 4.06. The van der Waals surface area contributed by atoms with Gasteiger partial charge in [0.15, 0.2) is 0 Å². The van der Waals surface area contributed by atoms with Crippen LogP contribution in [-0.2, 0) is 6.54 Å². The van der Waals surface area contributed by atoms with Crippen molar-refractivity contribution in [3.63, 3.8) is 0 Å². The normalized spacial score (nSPS) is 15.6. The molecule has 0 atom stereocenters. The molecule has 2 aromatic rings. The molecule has 0 saturated carbocycles. The maximum absolute atomic E-state index is 5.32. The molecule has 0 unspecified atom stereocenters. The maximum Gasteiger partial charge on any atom is 0.226 e. The summed E-state index contributed by atoms with van der Waals surface area (Å²) in [7, 11) is 7.77. The second kappa shape index (κ2) is 8.89. The van der Waals surface area contributed by atoms with Crippen LogP contribution in [0.4, 0.5) is 11.8 Å². The van der Waals surface area contributed by atoms with Crippen molar-refractivity contribution in [1.82, 2.24) is 14.9 Å². The molecule has 0 bridgehead atoms. The van der Waals surface area contributed by atoms with Crippen LogP contribution >= 0.6 is 15.9 Å². The lowest BCUT2D eigenvalue weighted by molar-refractivity contribution is 0.203. The van der Waals surface area contributed by atoms with E-state index in [4.69, 9.17) is 4.74 Å². The second-order valence-corrected chi connectivity index (χ2v) is 8.05. The molecule has 1 aromatic heterocycles. The monoisotopic (exact) mass is 433 g/mol. The molecule has 0 amide bonds. The third-order valence-electron chi connectivity index (χ3n) is 5.12. The fraction of sp³-hybridized carbons (Fsp3) is 0.500. The van der Waals surface area contributed by atoms with Crippen molar-refractivity contribution < 1.29 is 4.74 Å². The smallest absolute Gasteiger partial charge is 0.226 e. The largest absolute Gasteiger partial charge is 0.496 e. The number of anilines is 2. The predicted molar refractivity (Wildman–Crippen MR) is 114 cm³/mol. The van der Waals surface area contributed by atoms with E-state index in [2.05, 4.69) is 54.9 Å². The highest BCUT2D eigenvalue weighted by molar-refractivity contribution is 9.10. The molecule has 7 heteroatoms. The van der Waals surface area contributed by atoms with Crippen LogP contribution in [0.5, 0.6) is 5.75 Å². The summed E-state index contributed by atoms with van der Waals surface area (Å²) >= 11 is 3.58. The summed E-state index contributed by atoms with van der Waals surface area (Å²) in [4.78, 5) is 15.7. The summed E-state index contributed by atoms with van der Waals surface area (Å²) in [6.07, 6.45) is 4.11. The fourth-order valence-electron chi connectivity index (χ4n) is 3.47. The van der Waals surface area contributed by atoms with Crippen molar-refractivity contribution in [2.24, 2.45) is 0 Å². The van der Waals surface area contributed by atoms with E-state index in [0.29, 0.717) is 6.04 Å². The Morgan fingerprint density at radius 2 is 1.93 bits per heavy atom. The van der Waals surface area contributed by atoms with Crippen LogP contribution in [0, 0.1) is 0 Å². The molecule has 1 aliphatic heterocycles. The van der Waals surface area contributed by atoms with Crippen LogP contribution in [0.1, 0.15) is 18.4 Å². The molecular formula is C20H28BrN5O. The first-order chi connectivity index (χ1) is 13.0. The molecule has 0 aliphatic carbocycles. The topological polar surface area (TPSA) is 44.7 Å². The molecule has 1 fully saturated rings. The Bertz CT molecular complexity index is 762. The number of aromatic nitrogens is 2. The van der Waals surface area contributed by atoms with Crippen LogP contribution < -0.4 is 14.5 Å². The number of methoxy groups -OCH3 is 1. The molecule has 1 aromatic carbocycles. The van der Waals surface area contributed by atoms with E-state index in [9.17, 15) is 0 Å². The van der Waals surface area contributed by atoms with Gasteiger partial charge in [0, 0.05) is 53.0 Å². The van der Waals surface area contributed by atoms with Gasteiger partial charge in [-0.25, -0.2) is 4.98 Å². The summed E-state index contributed by atoms with van der Waals surface area (Å²) in [5.41, 5.74) is 1.31. The summed E-state index contributed by atoms with van der Waals surface area (Å²) in [6, 6.07) is 8.83. The van der Waals surface area contributed by atoms with Gasteiger partial charge in [0.2, 0.25) is 5.95 Å². The highest BCUT2D eigenvalue weighted by Gasteiger charge is 2.23. The van der Waals surface area contributed by atoms with Gasteiger partial charge in [-0.1, -0.05) is 6.07 Å². The first kappa shape index (κ1) is 19.9. The van der Waals surface area contributed by atoms with Crippen LogP contribution in [0.25, 0.3) is 0 Å². The summed E-state index contributed by atoms with van der Waals surface area (Å²) in [6.45, 7) is 3.14. The van der Waals surface area contributed by atoms with Crippen molar-refractivity contribution in [2.75, 3.05) is 51.1 Å². The van der Waals surface area contributed by atoms with E-state index in [0.717, 1.165) is 54.5 Å². The van der Waals surface area contributed by atoms with Gasteiger partial charge in [0.05, 0.1) is 11.6 Å². The quantitative estimate of drug-likeness (QED) is 0.695. The standard InChI is InChI=1S/C20H28BrN5O/c1-24(2)20-22-10-7-19(23-20)25(3)16-8-11-26(12-9-16)14-15-5-6-18(27-4)17(21)13-15/h5-7,10,13,16H,8-9,11-12,14H2,1-4H3. The van der Waals surface area contributed by atoms with Gasteiger partial charge >= 0.3 is 0 Å². The van der Waals surface area contributed by atoms with Gasteiger partial charge in [0.1, 0.15) is 11.6 Å². The van der Waals surface area contributed by atoms with Crippen molar-refractivity contribution in [1.29, 1.82) is 0 Å². The highest BCUT2D eigenvalue weighted by Crippen LogP contribution is 2.27. The van der Waals surface area contributed by atoms with Crippen LogP contribution in [0.15, 0.2) is 34.9 Å². The van der Waals surface area contributed by atoms with Crippen molar-refractivity contribution in [3.8, 4) is 5.75 Å². The number of hydrogen-bond donors (Lipinski definition) is 0. The number of halogens is 1. The van der Waals surface area contributed by atoms with Gasteiger partial charge in [-0.3, -0.25) is 4.90 Å². The zero-order valence-electron chi connectivity index (χ0n) is 16.5. The van der Waals surface area contributed by atoms with Crippen molar-refractivity contribution in [2.45, 2.75) is 25.4 Å². The highest BCUT2D eigenvalue weighted by atomic mass is 79.9. The first-order valence-corrected chi connectivity index (χ1v) is 10.0. The van der Waals surface area contributed by atoms with Gasteiger partial charge in [-0.2, -0.15) is 4.98 Å². The zero-order valence-corrected chi connectivity index (χ0v) is 18.1. The molecule has 1 aliphatic rings. The second-order valence-electron chi connectivity index (χ2n) is 7.20. The Kier molecular flexibility index (Phi) is 6.55. The molecule has 0 N–H and O–H groups in total. The molecule has 0 spiro atoms. The van der Waals surface area contributed by atoms with Gasteiger partial charge in [0.25, 0.3) is 0 Å². The molecule has 146 valence electrons. The van der Waals surface area contributed by atoms with E-state index < -0.39 is 0 Å². The molecule has 1 saturated heterocycles. The number of nitrogens with zero attached hydrogens (tertiary/aromatic N) is 5. The minimum atomic E-state index is 0.508. The Hall–Kier alpha value is -1.86. The third-order valence-corrected chi connectivity index (χ3v) is 5.74. The van der Waals surface area contributed by atoms with E-state index in [1.807, 2.05) is 37.3 Å². The number of benzene rings is 1. The lowest BCUT2D eigenvalue weighted by Crippen LogP contribution is -2.43. The lowest BCUT2D eigenvalue weighted by atomic mass is 10.0. The first-order valence-electron chi connectivity index (χ1n) is 9.26. The molecule has 27 heavy (non-hydrogen) atoms. The Morgan fingerprint density at radius 1 is 1.19 bits per heavy atom. The predicted octanol–water partition coefficient (Wildman–Crippen LogP) is 3.41. The van der Waals surface area contributed by atoms with Crippen LogP contribution in [-0.4, -0.2) is 62.3 Å². The Morgan fingerprint density at radius 3 is 2.56 bits per heavy atom. The molecule has 6 nitrogen and oxygen atoms in total. The van der Waals surface area contributed by atoms with E-state index in [-0.39, 0.29) is 0 Å². The van der Waals surface area contributed by atoms with Gasteiger partial charge < -0.3 is 14.5 Å². The Balaban J connectivity index is 1.57. The van der Waals surface area contributed by atoms with Crippen molar-refractivity contribution >= 4 is 27.7 Å². The third kappa shape index (κ3) is 4.90. The SMILES string of the molecule is COc1ccc(CN2CCC(N(C)c3ccnc(N(C)C)n3)CC2)cc1Br. The van der Waals surface area contributed by atoms with E-state index >= 15 is 0 Å². The zero-order chi connectivity index (χ0) is 19.4. The molecule has 0 radical (unpaired) electrons. The van der Waals surface area contributed by atoms with Crippen LogP contribution in [0.2, 0.25) is 0 Å². The van der Waals surface area contributed by atoms with Crippen LogP contribution in [0.3, 0.4) is 0 Å². The lowest BCUT2D eigenvalue weighted by Gasteiger charge is -2.37. The minimum absolute atomic E-state index is 0.508.